The summed E-state index contributed by atoms with van der Waals surface area (Å²) in [5, 5.41) is 11.4. The minimum absolute atomic E-state index is 0.0711. The van der Waals surface area contributed by atoms with Crippen molar-refractivity contribution in [1.29, 1.82) is 0 Å². The number of nitrogens with one attached hydrogen (secondary N) is 2. The smallest absolute Gasteiger partial charge is 0.326 e. The first kappa shape index (κ1) is 18.9. The zero-order valence-corrected chi connectivity index (χ0v) is 13.2. The number of sulfonamides is 1. The van der Waals surface area contributed by atoms with Gasteiger partial charge in [0.05, 0.1) is 11.8 Å². The van der Waals surface area contributed by atoms with Crippen LogP contribution in [0.1, 0.15) is 40.5 Å². The third kappa shape index (κ3) is 6.33. The highest BCUT2D eigenvalue weighted by atomic mass is 32.2. The van der Waals surface area contributed by atoms with Crippen LogP contribution in [0.2, 0.25) is 0 Å². The summed E-state index contributed by atoms with van der Waals surface area (Å²) in [6.45, 7) is 6.64. The van der Waals surface area contributed by atoms with Crippen LogP contribution >= 0.6 is 0 Å². The van der Waals surface area contributed by atoms with Crippen LogP contribution in [0.5, 0.6) is 0 Å². The van der Waals surface area contributed by atoms with Gasteiger partial charge in [-0.05, 0) is 19.3 Å². The summed E-state index contributed by atoms with van der Waals surface area (Å²) in [5.74, 6) is -2.08. The SMILES string of the molecule is CCCS(=O)(=O)NC(C)C(=O)NC(C(=O)O)C(C)CC. The van der Waals surface area contributed by atoms with Crippen LogP contribution in [0, 0.1) is 5.92 Å². The summed E-state index contributed by atoms with van der Waals surface area (Å²) in [5.41, 5.74) is 0. The number of carboxylic acids is 1. The average Bonchev–Trinajstić information content (AvgIpc) is 2.33. The van der Waals surface area contributed by atoms with Gasteiger partial charge in [0, 0.05) is 0 Å². The molecule has 118 valence electrons. The molecule has 1 amide bonds. The molecule has 0 aromatic carbocycles. The number of hydrogen-bond donors (Lipinski definition) is 3. The van der Waals surface area contributed by atoms with Crippen molar-refractivity contribution >= 4 is 21.9 Å². The Kier molecular flexibility index (Phi) is 7.74. The van der Waals surface area contributed by atoms with E-state index in [0.717, 1.165) is 0 Å². The van der Waals surface area contributed by atoms with Gasteiger partial charge in [-0.15, -0.1) is 0 Å². The number of carbonyl (C=O) groups is 2. The van der Waals surface area contributed by atoms with Crippen molar-refractivity contribution in [3.05, 3.63) is 0 Å². The fourth-order valence-electron chi connectivity index (χ4n) is 1.61. The standard InChI is InChI=1S/C12H24N2O5S/c1-5-7-20(18,19)14-9(4)11(15)13-10(12(16)17)8(3)6-2/h8-10,14H,5-7H2,1-4H3,(H,13,15)(H,16,17). The largest absolute Gasteiger partial charge is 0.480 e. The van der Waals surface area contributed by atoms with E-state index in [1.165, 1.54) is 6.92 Å². The monoisotopic (exact) mass is 308 g/mol. The van der Waals surface area contributed by atoms with Gasteiger partial charge in [-0.3, -0.25) is 4.79 Å². The molecule has 0 saturated carbocycles. The number of carboxylic acid groups (broad SMARTS) is 1. The van der Waals surface area contributed by atoms with E-state index in [9.17, 15) is 18.0 Å². The molecular weight excluding hydrogens is 284 g/mol. The van der Waals surface area contributed by atoms with E-state index in [1.54, 1.807) is 13.8 Å². The molecule has 0 aliphatic heterocycles. The second-order valence-electron chi connectivity index (χ2n) is 4.87. The van der Waals surface area contributed by atoms with Crippen molar-refractivity contribution in [3.8, 4) is 0 Å². The Hall–Kier alpha value is -1.15. The molecule has 0 radical (unpaired) electrons. The van der Waals surface area contributed by atoms with Gasteiger partial charge in [0.15, 0.2) is 0 Å². The summed E-state index contributed by atoms with van der Waals surface area (Å²) in [7, 11) is -3.52. The van der Waals surface area contributed by atoms with Crippen LogP contribution < -0.4 is 10.0 Å². The molecule has 3 N–H and O–H groups in total. The average molecular weight is 308 g/mol. The summed E-state index contributed by atoms with van der Waals surface area (Å²) >= 11 is 0. The van der Waals surface area contributed by atoms with E-state index in [0.29, 0.717) is 12.8 Å². The third-order valence-electron chi connectivity index (χ3n) is 3.00. The lowest BCUT2D eigenvalue weighted by Gasteiger charge is -2.22. The Morgan fingerprint density at radius 3 is 2.15 bits per heavy atom. The first-order chi connectivity index (χ1) is 9.14. The maximum atomic E-state index is 11.9. The Labute approximate surface area is 120 Å². The molecule has 3 atom stereocenters. The summed E-state index contributed by atoms with van der Waals surface area (Å²) in [6, 6.07) is -2.02. The molecule has 20 heavy (non-hydrogen) atoms. The molecule has 0 bridgehead atoms. The van der Waals surface area contributed by atoms with Gasteiger partial charge in [0.25, 0.3) is 0 Å². The van der Waals surface area contributed by atoms with E-state index in [4.69, 9.17) is 5.11 Å². The predicted molar refractivity (Wildman–Crippen MR) is 75.7 cm³/mol. The Bertz CT molecular complexity index is 435. The zero-order valence-electron chi connectivity index (χ0n) is 12.3. The Morgan fingerprint density at radius 2 is 1.75 bits per heavy atom. The molecule has 0 spiro atoms. The number of amides is 1. The predicted octanol–water partition coefficient (Wildman–Crippen LogP) is 0.320. The van der Waals surface area contributed by atoms with Crippen molar-refractivity contribution in [2.45, 2.75) is 52.6 Å². The molecule has 8 heteroatoms. The summed E-state index contributed by atoms with van der Waals surface area (Å²) < 4.78 is 25.3. The van der Waals surface area contributed by atoms with Crippen LogP contribution in [0.4, 0.5) is 0 Å². The molecular formula is C12H24N2O5S. The van der Waals surface area contributed by atoms with Gasteiger partial charge in [-0.1, -0.05) is 27.2 Å². The van der Waals surface area contributed by atoms with Crippen molar-refractivity contribution in [2.24, 2.45) is 5.92 Å². The van der Waals surface area contributed by atoms with Crippen molar-refractivity contribution in [3.63, 3.8) is 0 Å². The number of hydrogen-bond acceptors (Lipinski definition) is 4. The molecule has 0 fully saturated rings. The normalized spacial score (nSPS) is 16.2. The van der Waals surface area contributed by atoms with E-state index in [1.807, 2.05) is 6.92 Å². The molecule has 0 saturated heterocycles. The first-order valence-electron chi connectivity index (χ1n) is 6.67. The highest BCUT2D eigenvalue weighted by Gasteiger charge is 2.28. The maximum absolute atomic E-state index is 11.9. The molecule has 0 aliphatic rings. The molecule has 3 unspecified atom stereocenters. The van der Waals surface area contributed by atoms with Gasteiger partial charge in [0.2, 0.25) is 15.9 Å². The minimum atomic E-state index is -3.52. The first-order valence-corrected chi connectivity index (χ1v) is 8.33. The summed E-state index contributed by atoms with van der Waals surface area (Å²) in [6.07, 6.45) is 1.03. The highest BCUT2D eigenvalue weighted by Crippen LogP contribution is 2.08. The number of carbonyl (C=O) groups excluding carboxylic acids is 1. The van der Waals surface area contributed by atoms with Crippen molar-refractivity contribution in [2.75, 3.05) is 5.75 Å². The van der Waals surface area contributed by atoms with Crippen LogP contribution in [0.15, 0.2) is 0 Å². The molecule has 0 aromatic heterocycles. The van der Waals surface area contributed by atoms with E-state index in [-0.39, 0.29) is 11.7 Å². The van der Waals surface area contributed by atoms with Gasteiger partial charge in [-0.25, -0.2) is 17.9 Å². The van der Waals surface area contributed by atoms with Gasteiger partial charge in [-0.2, -0.15) is 0 Å². The van der Waals surface area contributed by atoms with Crippen LogP contribution in [-0.4, -0.2) is 43.2 Å². The van der Waals surface area contributed by atoms with E-state index < -0.39 is 34.0 Å². The maximum Gasteiger partial charge on any atom is 0.326 e. The second kappa shape index (κ2) is 8.21. The van der Waals surface area contributed by atoms with Crippen molar-refractivity contribution < 1.29 is 23.1 Å². The third-order valence-corrected chi connectivity index (χ3v) is 4.66. The van der Waals surface area contributed by atoms with E-state index >= 15 is 0 Å². The fourth-order valence-corrected chi connectivity index (χ4v) is 2.91. The molecule has 0 aliphatic carbocycles. The lowest BCUT2D eigenvalue weighted by molar-refractivity contribution is -0.143. The lowest BCUT2D eigenvalue weighted by Crippen LogP contribution is -2.52. The molecule has 0 rings (SSSR count). The number of rotatable bonds is 9. The zero-order chi connectivity index (χ0) is 15.9. The van der Waals surface area contributed by atoms with Crippen LogP contribution in [-0.2, 0) is 19.6 Å². The Morgan fingerprint density at radius 1 is 1.20 bits per heavy atom. The molecule has 0 heterocycles. The van der Waals surface area contributed by atoms with Gasteiger partial charge < -0.3 is 10.4 Å². The Balaban J connectivity index is 4.70. The molecule has 0 aromatic rings. The fraction of sp³-hybridized carbons (Fsp3) is 0.833. The summed E-state index contributed by atoms with van der Waals surface area (Å²) in [4.78, 5) is 23.0. The minimum Gasteiger partial charge on any atom is -0.480 e. The van der Waals surface area contributed by atoms with E-state index in [2.05, 4.69) is 10.0 Å². The van der Waals surface area contributed by atoms with Gasteiger partial charge in [0.1, 0.15) is 6.04 Å². The van der Waals surface area contributed by atoms with Crippen molar-refractivity contribution in [1.82, 2.24) is 10.0 Å². The van der Waals surface area contributed by atoms with Crippen LogP contribution in [0.3, 0.4) is 0 Å². The number of aliphatic carboxylic acids is 1. The lowest BCUT2D eigenvalue weighted by atomic mass is 9.99. The van der Waals surface area contributed by atoms with Crippen LogP contribution in [0.25, 0.3) is 0 Å². The van der Waals surface area contributed by atoms with Gasteiger partial charge >= 0.3 is 5.97 Å². The quantitative estimate of drug-likeness (QED) is 0.568. The second-order valence-corrected chi connectivity index (χ2v) is 6.74. The highest BCUT2D eigenvalue weighted by molar-refractivity contribution is 7.89. The topological polar surface area (TPSA) is 113 Å². The molecule has 7 nitrogen and oxygen atoms in total.